The lowest BCUT2D eigenvalue weighted by Gasteiger charge is -2.12. The Kier molecular flexibility index (Phi) is 4.95. The molecule has 0 unspecified atom stereocenters. The number of nitrogens with zero attached hydrogens (tertiary/aromatic N) is 1. The van der Waals surface area contributed by atoms with Gasteiger partial charge in [-0.25, -0.2) is 4.98 Å². The second kappa shape index (κ2) is 6.91. The van der Waals surface area contributed by atoms with Gasteiger partial charge < -0.3 is 16.4 Å². The summed E-state index contributed by atoms with van der Waals surface area (Å²) in [5, 5.41) is 8.07. The smallest absolute Gasteiger partial charge is 0.253 e. The highest BCUT2D eigenvalue weighted by atomic mass is 32.1. The summed E-state index contributed by atoms with van der Waals surface area (Å²) in [6.45, 7) is 3.20. The Labute approximate surface area is 122 Å². The van der Waals surface area contributed by atoms with E-state index in [0.717, 1.165) is 17.8 Å². The predicted molar refractivity (Wildman–Crippen MR) is 83.2 cm³/mol. The molecular weight excluding hydrogens is 272 g/mol. The van der Waals surface area contributed by atoms with Crippen molar-refractivity contribution in [3.05, 3.63) is 40.3 Å². The monoisotopic (exact) mass is 290 g/mol. The number of nitrogen functional groups attached to an aromatic ring is 1. The van der Waals surface area contributed by atoms with Crippen LogP contribution in [0.2, 0.25) is 0 Å². The first-order chi connectivity index (χ1) is 9.70. The van der Waals surface area contributed by atoms with Gasteiger partial charge in [-0.3, -0.25) is 4.79 Å². The number of hydrogen-bond donors (Lipinski definition) is 3. The molecule has 106 valence electrons. The molecule has 0 spiro atoms. The average molecular weight is 290 g/mol. The Morgan fingerprint density at radius 3 is 3.00 bits per heavy atom. The topological polar surface area (TPSA) is 80.0 Å². The van der Waals surface area contributed by atoms with E-state index in [1.807, 2.05) is 17.8 Å². The van der Waals surface area contributed by atoms with E-state index in [2.05, 4.69) is 15.6 Å². The van der Waals surface area contributed by atoms with E-state index in [0.29, 0.717) is 24.3 Å². The molecule has 0 saturated carbocycles. The number of hydrogen-bond acceptors (Lipinski definition) is 5. The van der Waals surface area contributed by atoms with Crippen LogP contribution >= 0.6 is 11.3 Å². The quantitative estimate of drug-likeness (QED) is 0.712. The van der Waals surface area contributed by atoms with Crippen LogP contribution in [0.1, 0.15) is 23.0 Å². The third-order valence-corrected chi connectivity index (χ3v) is 3.44. The first kappa shape index (κ1) is 14.3. The number of anilines is 2. The minimum atomic E-state index is -0.0938. The number of benzene rings is 1. The minimum absolute atomic E-state index is 0.0938. The first-order valence-electron chi connectivity index (χ1n) is 6.49. The summed E-state index contributed by atoms with van der Waals surface area (Å²) in [5.41, 5.74) is 10.6. The van der Waals surface area contributed by atoms with Crippen molar-refractivity contribution in [1.29, 1.82) is 0 Å². The molecule has 0 fully saturated rings. The van der Waals surface area contributed by atoms with Gasteiger partial charge in [0.1, 0.15) is 0 Å². The fourth-order valence-electron chi connectivity index (χ4n) is 1.85. The molecule has 2 rings (SSSR count). The lowest BCUT2D eigenvalue weighted by molar-refractivity contribution is 0.0956. The Bertz CT molecular complexity index is 569. The van der Waals surface area contributed by atoms with E-state index in [1.165, 1.54) is 0 Å². The van der Waals surface area contributed by atoms with Gasteiger partial charge in [-0.1, -0.05) is 0 Å². The summed E-state index contributed by atoms with van der Waals surface area (Å²) in [6.07, 6.45) is 0.813. The summed E-state index contributed by atoms with van der Waals surface area (Å²) in [4.78, 5) is 16.2. The van der Waals surface area contributed by atoms with E-state index >= 15 is 0 Å². The van der Waals surface area contributed by atoms with Gasteiger partial charge in [-0.2, -0.15) is 0 Å². The third-order valence-electron chi connectivity index (χ3n) is 2.81. The second-order valence-electron chi connectivity index (χ2n) is 4.32. The van der Waals surface area contributed by atoms with Crippen molar-refractivity contribution in [2.45, 2.75) is 13.3 Å². The summed E-state index contributed by atoms with van der Waals surface area (Å²) in [5.74, 6) is -0.0938. The SMILES string of the molecule is CCNC(=O)c1ccc(N)cc1NCCc1cscn1. The highest BCUT2D eigenvalue weighted by Gasteiger charge is 2.10. The highest BCUT2D eigenvalue weighted by molar-refractivity contribution is 7.07. The molecule has 1 aromatic carbocycles. The molecule has 1 aromatic heterocycles. The maximum atomic E-state index is 12.0. The number of rotatable bonds is 6. The average Bonchev–Trinajstić information content (AvgIpc) is 2.92. The predicted octanol–water partition coefficient (Wildman–Crippen LogP) is 2.13. The molecule has 20 heavy (non-hydrogen) atoms. The molecule has 0 aliphatic rings. The van der Waals surface area contributed by atoms with E-state index in [1.54, 1.807) is 29.5 Å². The summed E-state index contributed by atoms with van der Waals surface area (Å²) < 4.78 is 0. The summed E-state index contributed by atoms with van der Waals surface area (Å²) in [6, 6.07) is 5.26. The van der Waals surface area contributed by atoms with Crippen LogP contribution < -0.4 is 16.4 Å². The molecule has 1 amide bonds. The molecule has 0 aliphatic carbocycles. The molecule has 0 aliphatic heterocycles. The van der Waals surface area contributed by atoms with Crippen LogP contribution in [0.5, 0.6) is 0 Å². The molecule has 0 saturated heterocycles. The number of aromatic nitrogens is 1. The first-order valence-corrected chi connectivity index (χ1v) is 7.43. The van der Waals surface area contributed by atoms with E-state index in [-0.39, 0.29) is 5.91 Å². The minimum Gasteiger partial charge on any atom is -0.399 e. The van der Waals surface area contributed by atoms with Crippen LogP contribution in [0.25, 0.3) is 0 Å². The normalized spacial score (nSPS) is 10.2. The van der Waals surface area contributed by atoms with Gasteiger partial charge in [-0.15, -0.1) is 11.3 Å². The van der Waals surface area contributed by atoms with Gasteiger partial charge in [0.2, 0.25) is 0 Å². The lowest BCUT2D eigenvalue weighted by Crippen LogP contribution is -2.24. The maximum Gasteiger partial charge on any atom is 0.253 e. The number of thiazole rings is 1. The third kappa shape index (κ3) is 3.71. The van der Waals surface area contributed by atoms with E-state index < -0.39 is 0 Å². The maximum absolute atomic E-state index is 12.0. The molecule has 2 aromatic rings. The molecule has 0 radical (unpaired) electrons. The number of amides is 1. The highest BCUT2D eigenvalue weighted by Crippen LogP contribution is 2.19. The second-order valence-corrected chi connectivity index (χ2v) is 5.04. The summed E-state index contributed by atoms with van der Waals surface area (Å²) in [7, 11) is 0. The van der Waals surface area contributed by atoms with Gasteiger partial charge in [0, 0.05) is 36.3 Å². The van der Waals surface area contributed by atoms with Gasteiger partial charge >= 0.3 is 0 Å². The lowest BCUT2D eigenvalue weighted by atomic mass is 10.1. The molecule has 6 heteroatoms. The van der Waals surface area contributed by atoms with Crippen molar-refractivity contribution in [3.63, 3.8) is 0 Å². The Balaban J connectivity index is 2.05. The largest absolute Gasteiger partial charge is 0.399 e. The van der Waals surface area contributed by atoms with Crippen LogP contribution in [-0.4, -0.2) is 24.0 Å². The molecule has 0 bridgehead atoms. The number of carbonyl (C=O) groups is 1. The van der Waals surface area contributed by atoms with Gasteiger partial charge in [0.15, 0.2) is 0 Å². The van der Waals surface area contributed by atoms with Crippen LogP contribution in [0.4, 0.5) is 11.4 Å². The zero-order valence-corrected chi connectivity index (χ0v) is 12.2. The van der Waals surface area contributed by atoms with Crippen LogP contribution in [0.15, 0.2) is 29.1 Å². The van der Waals surface area contributed by atoms with E-state index in [4.69, 9.17) is 5.73 Å². The van der Waals surface area contributed by atoms with Crippen molar-refractivity contribution in [2.75, 3.05) is 24.1 Å². The number of carbonyl (C=O) groups excluding carboxylic acids is 1. The van der Waals surface area contributed by atoms with Gasteiger partial charge in [-0.05, 0) is 25.1 Å². The molecule has 4 N–H and O–H groups in total. The van der Waals surface area contributed by atoms with Crippen molar-refractivity contribution in [3.8, 4) is 0 Å². The van der Waals surface area contributed by atoms with Crippen molar-refractivity contribution in [1.82, 2.24) is 10.3 Å². The zero-order valence-electron chi connectivity index (χ0n) is 11.3. The van der Waals surface area contributed by atoms with Gasteiger partial charge in [0.05, 0.1) is 16.8 Å². The Morgan fingerprint density at radius 2 is 2.30 bits per heavy atom. The van der Waals surface area contributed by atoms with Crippen LogP contribution in [0.3, 0.4) is 0 Å². The Hall–Kier alpha value is -2.08. The molecule has 1 heterocycles. The zero-order chi connectivity index (χ0) is 14.4. The summed E-state index contributed by atoms with van der Waals surface area (Å²) >= 11 is 1.58. The standard InChI is InChI=1S/C14H18N4OS/c1-2-16-14(19)12-4-3-10(15)7-13(12)17-6-5-11-8-20-9-18-11/h3-4,7-9,17H,2,5-6,15H2,1H3,(H,16,19). The van der Waals surface area contributed by atoms with Crippen molar-refractivity contribution >= 4 is 28.6 Å². The van der Waals surface area contributed by atoms with Crippen LogP contribution in [0, 0.1) is 0 Å². The molecular formula is C14H18N4OS. The van der Waals surface area contributed by atoms with Gasteiger partial charge in [0.25, 0.3) is 5.91 Å². The molecule has 0 atom stereocenters. The number of nitrogens with two attached hydrogens (primary N) is 1. The van der Waals surface area contributed by atoms with E-state index in [9.17, 15) is 4.79 Å². The fourth-order valence-corrected chi connectivity index (χ4v) is 2.44. The Morgan fingerprint density at radius 1 is 1.45 bits per heavy atom. The number of nitrogens with one attached hydrogen (secondary N) is 2. The van der Waals surface area contributed by atoms with Crippen molar-refractivity contribution in [2.24, 2.45) is 0 Å². The van der Waals surface area contributed by atoms with Crippen LogP contribution in [-0.2, 0) is 6.42 Å². The van der Waals surface area contributed by atoms with Crippen molar-refractivity contribution < 1.29 is 4.79 Å². The molecule has 5 nitrogen and oxygen atoms in total. The fraction of sp³-hybridized carbons (Fsp3) is 0.286.